The maximum atomic E-state index is 12.1. The van der Waals surface area contributed by atoms with E-state index in [1.165, 1.54) is 6.92 Å². The second-order valence-electron chi connectivity index (χ2n) is 5.45. The Morgan fingerprint density at radius 2 is 1.91 bits per heavy atom. The molecule has 0 aliphatic heterocycles. The Hall–Kier alpha value is -2.36. The first-order valence-corrected chi connectivity index (χ1v) is 7.67. The molecule has 1 aromatic carbocycles. The molecule has 0 saturated carbocycles. The van der Waals surface area contributed by atoms with Crippen LogP contribution >= 0.6 is 0 Å². The number of hydrogen-bond donors (Lipinski definition) is 0. The van der Waals surface area contributed by atoms with Crippen LogP contribution in [0.3, 0.4) is 0 Å². The van der Waals surface area contributed by atoms with E-state index in [9.17, 15) is 9.59 Å². The van der Waals surface area contributed by atoms with Gasteiger partial charge in [0, 0.05) is 6.92 Å². The van der Waals surface area contributed by atoms with Gasteiger partial charge in [-0.2, -0.15) is 0 Å². The van der Waals surface area contributed by atoms with E-state index in [0.717, 1.165) is 12.0 Å². The molecule has 4 heteroatoms. The van der Waals surface area contributed by atoms with Crippen LogP contribution in [0.1, 0.15) is 44.5 Å². The topological polar surface area (TPSA) is 52.6 Å². The second-order valence-corrected chi connectivity index (χ2v) is 5.45. The van der Waals surface area contributed by atoms with Gasteiger partial charge in [0.25, 0.3) is 0 Å². The van der Waals surface area contributed by atoms with Crippen molar-refractivity contribution < 1.29 is 19.1 Å². The lowest BCUT2D eigenvalue weighted by Crippen LogP contribution is -2.10. The van der Waals surface area contributed by atoms with E-state index < -0.39 is 11.9 Å². The molecule has 0 N–H and O–H groups in total. The van der Waals surface area contributed by atoms with Crippen molar-refractivity contribution >= 4 is 11.9 Å². The van der Waals surface area contributed by atoms with Crippen molar-refractivity contribution in [1.82, 2.24) is 0 Å². The van der Waals surface area contributed by atoms with E-state index >= 15 is 0 Å². The van der Waals surface area contributed by atoms with Gasteiger partial charge in [-0.3, -0.25) is 4.79 Å². The molecule has 1 aromatic rings. The summed E-state index contributed by atoms with van der Waals surface area (Å²) in [6, 6.07) is 6.54. The van der Waals surface area contributed by atoms with Gasteiger partial charge in [0.05, 0.1) is 0 Å². The maximum absolute atomic E-state index is 12.1. The highest BCUT2D eigenvalue weighted by molar-refractivity contribution is 5.93. The van der Waals surface area contributed by atoms with Crippen molar-refractivity contribution in [2.75, 3.05) is 6.61 Å². The average molecular weight is 316 g/mol. The molecule has 0 bridgehead atoms. The van der Waals surface area contributed by atoms with Crippen molar-refractivity contribution in [3.05, 3.63) is 53.6 Å². The molecule has 23 heavy (non-hydrogen) atoms. The molecule has 0 spiro atoms. The van der Waals surface area contributed by atoms with Crippen LogP contribution in [0.4, 0.5) is 0 Å². The number of allylic oxidation sites excluding steroid dienone is 3. The highest BCUT2D eigenvalue weighted by Gasteiger charge is 2.14. The molecule has 0 radical (unpaired) electrons. The Labute approximate surface area is 137 Å². The number of ether oxygens (including phenoxy) is 2. The standard InChI is InChI=1S/C19H24O4/c1-5-8-14(2)13-15(3)11-12-22-19(21)17-9-6-7-10-18(17)23-16(4)20/h5-11,14H,12-13H2,1-4H3. The maximum Gasteiger partial charge on any atom is 0.342 e. The first-order valence-electron chi connectivity index (χ1n) is 7.67. The summed E-state index contributed by atoms with van der Waals surface area (Å²) in [5.74, 6) is -0.310. The van der Waals surface area contributed by atoms with E-state index in [1.54, 1.807) is 24.3 Å². The SMILES string of the molecule is CC=CC(C)CC(C)=CCOC(=O)c1ccccc1OC(C)=O. The van der Waals surface area contributed by atoms with Crippen LogP contribution in [0, 0.1) is 5.92 Å². The number of para-hydroxylation sites is 1. The Bertz CT molecular complexity index is 599. The van der Waals surface area contributed by atoms with Crippen LogP contribution in [0.25, 0.3) is 0 Å². The molecule has 124 valence electrons. The van der Waals surface area contributed by atoms with Crippen LogP contribution in [0.2, 0.25) is 0 Å². The molecule has 0 saturated heterocycles. The number of esters is 2. The lowest BCUT2D eigenvalue weighted by molar-refractivity contribution is -0.131. The van der Waals surface area contributed by atoms with Gasteiger partial charge in [-0.05, 0) is 44.4 Å². The monoisotopic (exact) mass is 316 g/mol. The largest absolute Gasteiger partial charge is 0.458 e. The number of hydrogen-bond acceptors (Lipinski definition) is 4. The van der Waals surface area contributed by atoms with Crippen LogP contribution < -0.4 is 4.74 Å². The summed E-state index contributed by atoms with van der Waals surface area (Å²) in [4.78, 5) is 23.2. The van der Waals surface area contributed by atoms with Gasteiger partial charge >= 0.3 is 11.9 Å². The molecule has 0 aromatic heterocycles. The molecule has 1 rings (SSSR count). The van der Waals surface area contributed by atoms with Crippen LogP contribution in [-0.2, 0) is 9.53 Å². The first kappa shape index (κ1) is 18.7. The summed E-state index contributed by atoms with van der Waals surface area (Å²) >= 11 is 0. The molecule has 0 heterocycles. The number of carbonyl (C=O) groups is 2. The minimum Gasteiger partial charge on any atom is -0.458 e. The predicted octanol–water partition coefficient (Wildman–Crippen LogP) is 4.32. The third kappa shape index (κ3) is 6.96. The molecule has 0 aliphatic carbocycles. The van der Waals surface area contributed by atoms with Crippen molar-refractivity contribution in [1.29, 1.82) is 0 Å². The van der Waals surface area contributed by atoms with E-state index in [0.29, 0.717) is 5.92 Å². The second kappa shape index (κ2) is 9.62. The average Bonchev–Trinajstić information content (AvgIpc) is 2.47. The fourth-order valence-corrected chi connectivity index (χ4v) is 2.20. The Balaban J connectivity index is 2.62. The van der Waals surface area contributed by atoms with Gasteiger partial charge in [0.2, 0.25) is 0 Å². The van der Waals surface area contributed by atoms with Crippen LogP contribution in [0.5, 0.6) is 5.75 Å². The summed E-state index contributed by atoms with van der Waals surface area (Å²) in [6.07, 6.45) is 6.99. The van der Waals surface area contributed by atoms with E-state index in [1.807, 2.05) is 26.0 Å². The molecule has 1 unspecified atom stereocenters. The van der Waals surface area contributed by atoms with Crippen LogP contribution in [-0.4, -0.2) is 18.5 Å². The Kier molecular flexibility index (Phi) is 7.81. The van der Waals surface area contributed by atoms with Gasteiger partial charge in [-0.1, -0.05) is 36.8 Å². The van der Waals surface area contributed by atoms with E-state index in [4.69, 9.17) is 9.47 Å². The molecule has 0 amide bonds. The number of benzene rings is 1. The van der Waals surface area contributed by atoms with Gasteiger partial charge in [0.1, 0.15) is 17.9 Å². The first-order chi connectivity index (χ1) is 10.9. The summed E-state index contributed by atoms with van der Waals surface area (Å²) in [5.41, 5.74) is 1.41. The Morgan fingerprint density at radius 3 is 2.57 bits per heavy atom. The van der Waals surface area contributed by atoms with Crippen molar-refractivity contribution in [3.63, 3.8) is 0 Å². The van der Waals surface area contributed by atoms with E-state index in [-0.39, 0.29) is 17.9 Å². The molecule has 4 nitrogen and oxygen atoms in total. The zero-order valence-corrected chi connectivity index (χ0v) is 14.2. The van der Waals surface area contributed by atoms with Gasteiger partial charge in [-0.25, -0.2) is 4.79 Å². The van der Waals surface area contributed by atoms with Crippen molar-refractivity contribution in [3.8, 4) is 5.75 Å². The zero-order chi connectivity index (χ0) is 17.2. The Morgan fingerprint density at radius 1 is 1.22 bits per heavy atom. The highest BCUT2D eigenvalue weighted by Crippen LogP contribution is 2.19. The van der Waals surface area contributed by atoms with Gasteiger partial charge in [0.15, 0.2) is 0 Å². The van der Waals surface area contributed by atoms with Crippen molar-refractivity contribution in [2.24, 2.45) is 5.92 Å². The molecule has 0 aliphatic rings. The predicted molar refractivity (Wildman–Crippen MR) is 90.4 cm³/mol. The normalized spacial score (nSPS) is 13.0. The minimum absolute atomic E-state index is 0.196. The van der Waals surface area contributed by atoms with Crippen molar-refractivity contribution in [2.45, 2.75) is 34.1 Å². The lowest BCUT2D eigenvalue weighted by atomic mass is 10.0. The fraction of sp³-hybridized carbons (Fsp3) is 0.368. The lowest BCUT2D eigenvalue weighted by Gasteiger charge is -2.09. The summed E-state index contributed by atoms with van der Waals surface area (Å²) in [7, 11) is 0. The quantitative estimate of drug-likeness (QED) is 0.427. The highest BCUT2D eigenvalue weighted by atomic mass is 16.5. The van der Waals surface area contributed by atoms with Crippen LogP contribution in [0.15, 0.2) is 48.1 Å². The van der Waals surface area contributed by atoms with E-state index in [2.05, 4.69) is 13.0 Å². The zero-order valence-electron chi connectivity index (χ0n) is 14.2. The molecular weight excluding hydrogens is 292 g/mol. The summed E-state index contributed by atoms with van der Waals surface area (Å²) in [5, 5.41) is 0. The molecule has 1 atom stereocenters. The molecule has 0 fully saturated rings. The summed E-state index contributed by atoms with van der Waals surface area (Å²) < 4.78 is 10.2. The number of rotatable bonds is 7. The minimum atomic E-state index is -0.507. The van der Waals surface area contributed by atoms with Gasteiger partial charge < -0.3 is 9.47 Å². The third-order valence-electron chi connectivity index (χ3n) is 3.17. The van der Waals surface area contributed by atoms with Gasteiger partial charge in [-0.15, -0.1) is 0 Å². The molecular formula is C19H24O4. The summed E-state index contributed by atoms with van der Waals surface area (Å²) in [6.45, 7) is 7.64. The number of carbonyl (C=O) groups excluding carboxylic acids is 2. The smallest absolute Gasteiger partial charge is 0.342 e. The third-order valence-corrected chi connectivity index (χ3v) is 3.17. The fourth-order valence-electron chi connectivity index (χ4n) is 2.20.